The van der Waals surface area contributed by atoms with Gasteiger partial charge in [0.1, 0.15) is 0 Å². The molecule has 0 bridgehead atoms. The molecule has 1 aliphatic carbocycles. The van der Waals surface area contributed by atoms with Gasteiger partial charge in [0.2, 0.25) is 5.91 Å². The smallest absolute Gasteiger partial charge is 0.251 e. The lowest BCUT2D eigenvalue weighted by molar-refractivity contribution is -0.123. The van der Waals surface area contributed by atoms with Crippen LogP contribution in [0.3, 0.4) is 0 Å². The molecule has 0 radical (unpaired) electrons. The average molecular weight is 363 g/mol. The van der Waals surface area contributed by atoms with Gasteiger partial charge in [0.25, 0.3) is 5.91 Å². The third kappa shape index (κ3) is 4.47. The van der Waals surface area contributed by atoms with Crippen LogP contribution < -0.4 is 16.4 Å². The lowest BCUT2D eigenvalue weighted by atomic mass is 10.2. The molecule has 0 saturated heterocycles. The molecule has 1 saturated carbocycles. The molecule has 0 aliphatic heterocycles. The lowest BCUT2D eigenvalue weighted by Gasteiger charge is -2.10. The molecule has 0 spiro atoms. The van der Waals surface area contributed by atoms with Crippen LogP contribution in [0.1, 0.15) is 23.2 Å². The number of carbonyl (C=O) groups excluding carboxylic acids is 2. The Hall–Kier alpha value is -1.11. The second-order valence-electron chi connectivity index (χ2n) is 4.67. The molecule has 7 heteroatoms. The molecule has 0 heterocycles. The Bertz CT molecular complexity index is 489. The summed E-state index contributed by atoms with van der Waals surface area (Å²) in [5.41, 5.74) is 5.67. The van der Waals surface area contributed by atoms with Crippen LogP contribution in [0, 0.1) is 0 Å². The standard InChI is InChI=1S/C13H16BrN3O2.ClH/c14-10-3-1-9(2-4-10)11(18)16-7-8-17-12(19)13(15)5-6-13;/h1-4H,5-8,15H2,(H,16,18)(H,17,19);1H. The summed E-state index contributed by atoms with van der Waals surface area (Å²) in [7, 11) is 0. The average Bonchev–Trinajstić information content (AvgIpc) is 3.14. The van der Waals surface area contributed by atoms with Crippen LogP contribution in [0.25, 0.3) is 0 Å². The maximum atomic E-state index is 11.7. The molecule has 4 N–H and O–H groups in total. The van der Waals surface area contributed by atoms with E-state index in [1.807, 2.05) is 12.1 Å². The van der Waals surface area contributed by atoms with Crippen molar-refractivity contribution < 1.29 is 9.59 Å². The van der Waals surface area contributed by atoms with Crippen LogP contribution in [0.2, 0.25) is 0 Å². The van der Waals surface area contributed by atoms with E-state index in [-0.39, 0.29) is 24.2 Å². The molecule has 110 valence electrons. The molecule has 1 aromatic rings. The zero-order valence-electron chi connectivity index (χ0n) is 10.8. The van der Waals surface area contributed by atoms with E-state index in [0.717, 1.165) is 17.3 Å². The molecule has 0 atom stereocenters. The minimum absolute atomic E-state index is 0. The fourth-order valence-electron chi connectivity index (χ4n) is 1.59. The summed E-state index contributed by atoms with van der Waals surface area (Å²) in [4.78, 5) is 23.3. The van der Waals surface area contributed by atoms with Crippen LogP contribution in [0.4, 0.5) is 0 Å². The zero-order chi connectivity index (χ0) is 13.9. The number of hydrogen-bond acceptors (Lipinski definition) is 3. The molecule has 1 fully saturated rings. The molecule has 0 aromatic heterocycles. The van der Waals surface area contributed by atoms with Crippen molar-refractivity contribution in [1.82, 2.24) is 10.6 Å². The fourth-order valence-corrected chi connectivity index (χ4v) is 1.86. The quantitative estimate of drug-likeness (QED) is 0.688. The summed E-state index contributed by atoms with van der Waals surface area (Å²) < 4.78 is 0.925. The number of rotatable bonds is 5. The Labute approximate surface area is 132 Å². The third-order valence-electron chi connectivity index (χ3n) is 3.04. The minimum atomic E-state index is -0.657. The van der Waals surface area contributed by atoms with Gasteiger partial charge in [-0.15, -0.1) is 12.4 Å². The largest absolute Gasteiger partial charge is 0.353 e. The molecule has 1 aliphatic rings. The van der Waals surface area contributed by atoms with Crippen LogP contribution in [0.15, 0.2) is 28.7 Å². The van der Waals surface area contributed by atoms with E-state index in [4.69, 9.17) is 5.73 Å². The van der Waals surface area contributed by atoms with Crippen molar-refractivity contribution in [1.29, 1.82) is 0 Å². The van der Waals surface area contributed by atoms with Gasteiger partial charge in [-0.1, -0.05) is 15.9 Å². The second kappa shape index (κ2) is 7.06. The summed E-state index contributed by atoms with van der Waals surface area (Å²) in [6, 6.07) is 7.08. The Morgan fingerprint density at radius 1 is 1.15 bits per heavy atom. The SMILES string of the molecule is Cl.NC1(C(=O)NCCNC(=O)c2ccc(Br)cc2)CC1. The Morgan fingerprint density at radius 2 is 1.70 bits per heavy atom. The van der Waals surface area contributed by atoms with E-state index < -0.39 is 5.54 Å². The van der Waals surface area contributed by atoms with Crippen molar-refractivity contribution in [2.75, 3.05) is 13.1 Å². The second-order valence-corrected chi connectivity index (χ2v) is 5.59. The highest BCUT2D eigenvalue weighted by Gasteiger charge is 2.45. The highest BCUT2D eigenvalue weighted by atomic mass is 79.9. The molecule has 1 aromatic carbocycles. The number of halogens is 2. The normalized spacial score (nSPS) is 14.9. The summed E-state index contributed by atoms with van der Waals surface area (Å²) in [6.45, 7) is 0.775. The predicted molar refractivity (Wildman–Crippen MR) is 82.9 cm³/mol. The lowest BCUT2D eigenvalue weighted by Crippen LogP contribution is -2.45. The number of nitrogens with two attached hydrogens (primary N) is 1. The maximum absolute atomic E-state index is 11.7. The van der Waals surface area contributed by atoms with E-state index in [0.29, 0.717) is 18.7 Å². The monoisotopic (exact) mass is 361 g/mol. The van der Waals surface area contributed by atoms with Crippen molar-refractivity contribution in [3.8, 4) is 0 Å². The van der Waals surface area contributed by atoms with Gasteiger partial charge in [-0.05, 0) is 37.1 Å². The van der Waals surface area contributed by atoms with Crippen LogP contribution in [0.5, 0.6) is 0 Å². The van der Waals surface area contributed by atoms with Gasteiger partial charge in [0, 0.05) is 23.1 Å². The molecule has 0 unspecified atom stereocenters. The number of carbonyl (C=O) groups is 2. The Kier molecular flexibility index (Phi) is 5.98. The van der Waals surface area contributed by atoms with Gasteiger partial charge in [-0.3, -0.25) is 9.59 Å². The summed E-state index contributed by atoms with van der Waals surface area (Å²) in [5, 5.41) is 5.45. The first-order valence-electron chi connectivity index (χ1n) is 6.12. The van der Waals surface area contributed by atoms with Crippen LogP contribution in [-0.2, 0) is 4.79 Å². The van der Waals surface area contributed by atoms with E-state index in [2.05, 4.69) is 26.6 Å². The predicted octanol–water partition coefficient (Wildman–Crippen LogP) is 1.21. The first kappa shape index (κ1) is 16.9. The highest BCUT2D eigenvalue weighted by molar-refractivity contribution is 9.10. The van der Waals surface area contributed by atoms with E-state index >= 15 is 0 Å². The fraction of sp³-hybridized carbons (Fsp3) is 0.385. The number of hydrogen-bond donors (Lipinski definition) is 3. The topological polar surface area (TPSA) is 84.2 Å². The summed E-state index contributed by atoms with van der Waals surface area (Å²) in [5.74, 6) is -0.291. The molecule has 5 nitrogen and oxygen atoms in total. The van der Waals surface area contributed by atoms with Crippen LogP contribution >= 0.6 is 28.3 Å². The van der Waals surface area contributed by atoms with Crippen molar-refractivity contribution in [3.05, 3.63) is 34.3 Å². The van der Waals surface area contributed by atoms with E-state index in [1.54, 1.807) is 12.1 Å². The molecule has 2 rings (SSSR count). The van der Waals surface area contributed by atoms with Crippen molar-refractivity contribution in [2.24, 2.45) is 5.73 Å². The molecular formula is C13H17BrClN3O2. The van der Waals surface area contributed by atoms with Gasteiger partial charge in [-0.25, -0.2) is 0 Å². The number of nitrogens with one attached hydrogen (secondary N) is 2. The van der Waals surface area contributed by atoms with Gasteiger partial charge >= 0.3 is 0 Å². The first-order valence-corrected chi connectivity index (χ1v) is 6.91. The third-order valence-corrected chi connectivity index (χ3v) is 3.57. The number of amides is 2. The van der Waals surface area contributed by atoms with Crippen molar-refractivity contribution >= 4 is 40.2 Å². The summed E-state index contributed by atoms with van der Waals surface area (Å²) in [6.07, 6.45) is 1.48. The van der Waals surface area contributed by atoms with Gasteiger partial charge < -0.3 is 16.4 Å². The Balaban J connectivity index is 0.00000200. The highest BCUT2D eigenvalue weighted by Crippen LogP contribution is 2.31. The van der Waals surface area contributed by atoms with E-state index in [9.17, 15) is 9.59 Å². The van der Waals surface area contributed by atoms with Gasteiger partial charge in [0.15, 0.2) is 0 Å². The zero-order valence-corrected chi connectivity index (χ0v) is 13.2. The van der Waals surface area contributed by atoms with Crippen molar-refractivity contribution in [2.45, 2.75) is 18.4 Å². The first-order chi connectivity index (χ1) is 9.01. The van der Waals surface area contributed by atoms with Gasteiger partial charge in [-0.2, -0.15) is 0 Å². The number of benzene rings is 1. The van der Waals surface area contributed by atoms with E-state index in [1.165, 1.54) is 0 Å². The van der Waals surface area contributed by atoms with Crippen molar-refractivity contribution in [3.63, 3.8) is 0 Å². The van der Waals surface area contributed by atoms with Crippen LogP contribution in [-0.4, -0.2) is 30.4 Å². The molecule has 20 heavy (non-hydrogen) atoms. The minimum Gasteiger partial charge on any atom is -0.353 e. The summed E-state index contributed by atoms with van der Waals surface area (Å²) >= 11 is 3.31. The molecule has 2 amide bonds. The Morgan fingerprint density at radius 3 is 2.25 bits per heavy atom. The maximum Gasteiger partial charge on any atom is 0.251 e. The van der Waals surface area contributed by atoms with Gasteiger partial charge in [0.05, 0.1) is 5.54 Å². The molecular weight excluding hydrogens is 346 g/mol.